The number of sulfonamides is 1. The standard InChI is InChI=1S/C23H26N4O4S2/c1-16-5-4-12-27(14-16)33(29,30)20-9-7-18(8-10-20)25-22(28)21-6-3-11-24-23(21)32-15-19-13-17(2)31-26-19/h3,6-11,13,16H,4-5,12,14-15H2,1-2H3,(H,25,28)/t16-/m0/s1. The van der Waals surface area contributed by atoms with Gasteiger partial charge in [-0.15, -0.1) is 0 Å². The molecule has 2 aromatic heterocycles. The quantitative estimate of drug-likeness (QED) is 0.495. The van der Waals surface area contributed by atoms with Gasteiger partial charge in [0.15, 0.2) is 0 Å². The fourth-order valence-electron chi connectivity index (χ4n) is 3.73. The number of rotatable bonds is 7. The number of aromatic nitrogens is 2. The number of anilines is 1. The first-order valence-corrected chi connectivity index (χ1v) is 13.2. The summed E-state index contributed by atoms with van der Waals surface area (Å²) in [6.07, 6.45) is 3.55. The van der Waals surface area contributed by atoms with Crippen LogP contribution in [0.3, 0.4) is 0 Å². The van der Waals surface area contributed by atoms with Crippen molar-refractivity contribution >= 4 is 33.4 Å². The van der Waals surface area contributed by atoms with E-state index in [1.54, 1.807) is 34.8 Å². The normalized spacial score (nSPS) is 17.1. The molecule has 0 spiro atoms. The Morgan fingerprint density at radius 2 is 2.06 bits per heavy atom. The van der Waals surface area contributed by atoms with Crippen molar-refractivity contribution in [2.24, 2.45) is 5.92 Å². The first-order valence-electron chi connectivity index (χ1n) is 10.7. The molecule has 1 amide bonds. The molecule has 1 aliphatic rings. The highest BCUT2D eigenvalue weighted by atomic mass is 32.2. The van der Waals surface area contributed by atoms with E-state index in [9.17, 15) is 13.2 Å². The van der Waals surface area contributed by atoms with Gasteiger partial charge in [0.05, 0.1) is 16.2 Å². The Morgan fingerprint density at radius 3 is 2.76 bits per heavy atom. The smallest absolute Gasteiger partial charge is 0.258 e. The first-order chi connectivity index (χ1) is 15.8. The molecule has 1 aromatic carbocycles. The summed E-state index contributed by atoms with van der Waals surface area (Å²) in [6.45, 7) is 4.97. The lowest BCUT2D eigenvalue weighted by molar-refractivity contribution is 0.102. The Balaban J connectivity index is 1.44. The van der Waals surface area contributed by atoms with Gasteiger partial charge in [0.2, 0.25) is 10.0 Å². The average molecular weight is 487 g/mol. The minimum Gasteiger partial charge on any atom is -0.361 e. The third kappa shape index (κ3) is 5.63. The molecule has 174 valence electrons. The fraction of sp³-hybridized carbons (Fsp3) is 0.348. The summed E-state index contributed by atoms with van der Waals surface area (Å²) in [4.78, 5) is 17.4. The van der Waals surface area contributed by atoms with E-state index >= 15 is 0 Å². The molecule has 8 nitrogen and oxygen atoms in total. The molecular formula is C23H26N4O4S2. The molecule has 1 N–H and O–H groups in total. The Labute approximate surface area is 197 Å². The second-order valence-electron chi connectivity index (χ2n) is 8.16. The minimum absolute atomic E-state index is 0.232. The topological polar surface area (TPSA) is 105 Å². The van der Waals surface area contributed by atoms with Crippen molar-refractivity contribution < 1.29 is 17.7 Å². The van der Waals surface area contributed by atoms with Gasteiger partial charge in [0.1, 0.15) is 10.8 Å². The van der Waals surface area contributed by atoms with Crippen LogP contribution in [0.2, 0.25) is 0 Å². The molecule has 3 aromatic rings. The highest BCUT2D eigenvalue weighted by molar-refractivity contribution is 7.98. The molecule has 0 bridgehead atoms. The molecule has 1 aliphatic heterocycles. The summed E-state index contributed by atoms with van der Waals surface area (Å²) in [6, 6.07) is 11.5. The predicted molar refractivity (Wildman–Crippen MR) is 127 cm³/mol. The van der Waals surface area contributed by atoms with Crippen LogP contribution in [-0.4, -0.2) is 41.9 Å². The SMILES string of the molecule is Cc1cc(CSc2ncccc2C(=O)Nc2ccc(S(=O)(=O)N3CCC[C@H](C)C3)cc2)no1. The van der Waals surface area contributed by atoms with Gasteiger partial charge in [-0.1, -0.05) is 23.8 Å². The molecule has 0 unspecified atom stereocenters. The zero-order chi connectivity index (χ0) is 23.4. The molecule has 0 aliphatic carbocycles. The maximum atomic E-state index is 12.9. The molecule has 0 saturated carbocycles. The number of nitrogens with zero attached hydrogens (tertiary/aromatic N) is 3. The van der Waals surface area contributed by atoms with Gasteiger partial charge in [-0.25, -0.2) is 13.4 Å². The number of hydrogen-bond acceptors (Lipinski definition) is 7. The van der Waals surface area contributed by atoms with Crippen LogP contribution in [-0.2, 0) is 15.8 Å². The summed E-state index contributed by atoms with van der Waals surface area (Å²) in [5.41, 5.74) is 1.72. The second-order valence-corrected chi connectivity index (χ2v) is 11.1. The van der Waals surface area contributed by atoms with E-state index < -0.39 is 10.0 Å². The van der Waals surface area contributed by atoms with Crippen molar-refractivity contribution in [3.63, 3.8) is 0 Å². The van der Waals surface area contributed by atoms with Gasteiger partial charge in [-0.05, 0) is 62.1 Å². The fourth-order valence-corrected chi connectivity index (χ4v) is 6.20. The summed E-state index contributed by atoms with van der Waals surface area (Å²) in [5, 5.41) is 7.37. The molecular weight excluding hydrogens is 460 g/mol. The van der Waals surface area contributed by atoms with Crippen molar-refractivity contribution in [2.75, 3.05) is 18.4 Å². The summed E-state index contributed by atoms with van der Waals surface area (Å²) < 4.78 is 32.5. The molecule has 10 heteroatoms. The van der Waals surface area contributed by atoms with E-state index in [0.29, 0.717) is 41.0 Å². The number of hydrogen-bond donors (Lipinski definition) is 1. The van der Waals surface area contributed by atoms with Gasteiger partial charge in [0.25, 0.3) is 5.91 Å². The van der Waals surface area contributed by atoms with Gasteiger partial charge in [-0.3, -0.25) is 4.79 Å². The number of nitrogens with one attached hydrogen (secondary N) is 1. The number of carbonyl (C=O) groups is 1. The molecule has 3 heterocycles. The van der Waals surface area contributed by atoms with Crippen LogP contribution in [0.15, 0.2) is 63.1 Å². The zero-order valence-electron chi connectivity index (χ0n) is 18.5. The van der Waals surface area contributed by atoms with Crippen LogP contribution in [0.4, 0.5) is 5.69 Å². The summed E-state index contributed by atoms with van der Waals surface area (Å²) in [7, 11) is -3.54. The molecule has 0 radical (unpaired) electrons. The molecule has 1 fully saturated rings. The number of aryl methyl sites for hydroxylation is 1. The van der Waals surface area contributed by atoms with Gasteiger partial charge >= 0.3 is 0 Å². The van der Waals surface area contributed by atoms with Gasteiger partial charge in [0, 0.05) is 36.8 Å². The van der Waals surface area contributed by atoms with E-state index in [2.05, 4.69) is 22.4 Å². The van der Waals surface area contributed by atoms with Crippen molar-refractivity contribution in [1.82, 2.24) is 14.4 Å². The number of pyridine rings is 1. The lowest BCUT2D eigenvalue weighted by Gasteiger charge is -2.30. The van der Waals surface area contributed by atoms with Crippen LogP contribution in [0.1, 0.15) is 41.6 Å². The van der Waals surface area contributed by atoms with Crippen molar-refractivity contribution in [3.05, 3.63) is 65.7 Å². The largest absolute Gasteiger partial charge is 0.361 e. The van der Waals surface area contributed by atoms with Crippen LogP contribution < -0.4 is 5.32 Å². The Bertz CT molecular complexity index is 1230. The number of amides is 1. The highest BCUT2D eigenvalue weighted by Crippen LogP contribution is 2.26. The second kappa shape index (κ2) is 10.1. The number of piperidine rings is 1. The summed E-state index contributed by atoms with van der Waals surface area (Å²) >= 11 is 1.39. The third-order valence-corrected chi connectivity index (χ3v) is 8.34. The van der Waals surface area contributed by atoms with E-state index in [0.717, 1.165) is 24.3 Å². The Kier molecular flexibility index (Phi) is 7.16. The maximum absolute atomic E-state index is 12.9. The van der Waals surface area contributed by atoms with Gasteiger partial charge < -0.3 is 9.84 Å². The Hall–Kier alpha value is -2.69. The molecule has 1 atom stereocenters. The molecule has 4 rings (SSSR count). The maximum Gasteiger partial charge on any atom is 0.258 e. The van der Waals surface area contributed by atoms with Crippen LogP contribution in [0, 0.1) is 12.8 Å². The molecule has 33 heavy (non-hydrogen) atoms. The van der Waals surface area contributed by atoms with E-state index in [1.807, 2.05) is 13.0 Å². The van der Waals surface area contributed by atoms with E-state index in [1.165, 1.54) is 23.9 Å². The number of carbonyl (C=O) groups excluding carboxylic acids is 1. The Morgan fingerprint density at radius 1 is 1.27 bits per heavy atom. The summed E-state index contributed by atoms with van der Waals surface area (Å²) in [5.74, 6) is 1.29. The highest BCUT2D eigenvalue weighted by Gasteiger charge is 2.28. The van der Waals surface area contributed by atoms with Crippen molar-refractivity contribution in [1.29, 1.82) is 0 Å². The van der Waals surface area contributed by atoms with Gasteiger partial charge in [-0.2, -0.15) is 4.31 Å². The zero-order valence-corrected chi connectivity index (χ0v) is 20.2. The lowest BCUT2D eigenvalue weighted by atomic mass is 10.0. The molecule has 1 saturated heterocycles. The number of benzene rings is 1. The van der Waals surface area contributed by atoms with Crippen molar-refractivity contribution in [3.8, 4) is 0 Å². The predicted octanol–water partition coefficient (Wildman–Crippen LogP) is 4.34. The monoisotopic (exact) mass is 486 g/mol. The van der Waals surface area contributed by atoms with Crippen LogP contribution in [0.25, 0.3) is 0 Å². The average Bonchev–Trinajstić information content (AvgIpc) is 3.23. The van der Waals surface area contributed by atoms with E-state index in [4.69, 9.17) is 4.52 Å². The third-order valence-electron chi connectivity index (χ3n) is 5.42. The first kappa shape index (κ1) is 23.5. The minimum atomic E-state index is -3.54. The lowest BCUT2D eigenvalue weighted by Crippen LogP contribution is -2.39. The van der Waals surface area contributed by atoms with Crippen molar-refractivity contribution in [2.45, 2.75) is 42.4 Å². The number of thioether (sulfide) groups is 1. The van der Waals surface area contributed by atoms with E-state index in [-0.39, 0.29) is 10.8 Å². The van der Waals surface area contributed by atoms with Crippen LogP contribution >= 0.6 is 11.8 Å². The van der Waals surface area contributed by atoms with Crippen LogP contribution in [0.5, 0.6) is 0 Å².